The Morgan fingerprint density at radius 2 is 2.00 bits per heavy atom. The van der Waals surface area contributed by atoms with Crippen molar-refractivity contribution in [3.8, 4) is 5.75 Å². The molecule has 1 atom stereocenters. The SMILES string of the molecule is NC(=O)C1CC(c2ccc(OC(F)(F)F)cc2)=NO1. The first kappa shape index (κ1) is 13.2. The lowest BCUT2D eigenvalue weighted by atomic mass is 10.0. The minimum atomic E-state index is -4.73. The number of hydrogen-bond donors (Lipinski definition) is 1. The summed E-state index contributed by atoms with van der Waals surface area (Å²) in [5.41, 5.74) is 6.04. The van der Waals surface area contributed by atoms with Gasteiger partial charge in [-0.1, -0.05) is 5.16 Å². The van der Waals surface area contributed by atoms with Gasteiger partial charge in [-0.05, 0) is 29.8 Å². The third-order valence-corrected chi connectivity index (χ3v) is 2.41. The molecule has 1 aromatic rings. The molecule has 2 rings (SSSR count). The van der Waals surface area contributed by atoms with E-state index in [2.05, 4.69) is 9.89 Å². The molecule has 2 N–H and O–H groups in total. The number of nitrogens with two attached hydrogens (primary N) is 1. The van der Waals surface area contributed by atoms with Crippen molar-refractivity contribution in [3.63, 3.8) is 0 Å². The predicted molar refractivity (Wildman–Crippen MR) is 58.3 cm³/mol. The van der Waals surface area contributed by atoms with Crippen LogP contribution < -0.4 is 10.5 Å². The minimum absolute atomic E-state index is 0.189. The number of halogens is 3. The monoisotopic (exact) mass is 274 g/mol. The topological polar surface area (TPSA) is 73.9 Å². The van der Waals surface area contributed by atoms with E-state index in [1.807, 2.05) is 0 Å². The Labute approximate surface area is 105 Å². The number of amides is 1. The zero-order valence-corrected chi connectivity index (χ0v) is 9.48. The molecule has 1 aromatic carbocycles. The minimum Gasteiger partial charge on any atom is -0.406 e. The summed E-state index contributed by atoms with van der Waals surface area (Å²) < 4.78 is 39.6. The van der Waals surface area contributed by atoms with Crippen molar-refractivity contribution >= 4 is 11.6 Å². The van der Waals surface area contributed by atoms with Crippen LogP contribution in [-0.4, -0.2) is 24.1 Å². The summed E-state index contributed by atoms with van der Waals surface area (Å²) in [6, 6.07) is 5.10. The van der Waals surface area contributed by atoms with E-state index in [-0.39, 0.29) is 12.2 Å². The number of primary amides is 1. The van der Waals surface area contributed by atoms with Crippen LogP contribution >= 0.6 is 0 Å². The second kappa shape index (κ2) is 4.79. The van der Waals surface area contributed by atoms with Gasteiger partial charge in [0, 0.05) is 6.42 Å². The average Bonchev–Trinajstić information content (AvgIpc) is 2.77. The number of benzene rings is 1. The van der Waals surface area contributed by atoms with Gasteiger partial charge in [0.15, 0.2) is 0 Å². The van der Waals surface area contributed by atoms with Crippen LogP contribution in [0.2, 0.25) is 0 Å². The van der Waals surface area contributed by atoms with E-state index in [0.717, 1.165) is 12.1 Å². The van der Waals surface area contributed by atoms with Crippen LogP contribution in [0.5, 0.6) is 5.75 Å². The number of alkyl halides is 3. The van der Waals surface area contributed by atoms with E-state index in [9.17, 15) is 18.0 Å². The third kappa shape index (κ3) is 3.36. The van der Waals surface area contributed by atoms with Gasteiger partial charge in [0.1, 0.15) is 5.75 Å². The lowest BCUT2D eigenvalue weighted by molar-refractivity contribution is -0.274. The Hall–Kier alpha value is -2.25. The summed E-state index contributed by atoms with van der Waals surface area (Å²) in [5, 5.41) is 3.67. The van der Waals surface area contributed by atoms with Gasteiger partial charge in [0.2, 0.25) is 6.10 Å². The quantitative estimate of drug-likeness (QED) is 0.909. The lowest BCUT2D eigenvalue weighted by Gasteiger charge is -2.08. The van der Waals surface area contributed by atoms with Crippen LogP contribution in [0.3, 0.4) is 0 Å². The summed E-state index contributed by atoms with van der Waals surface area (Å²) in [4.78, 5) is 15.7. The fourth-order valence-corrected chi connectivity index (χ4v) is 1.55. The molecular formula is C11H9F3N2O3. The molecule has 1 heterocycles. The molecule has 0 saturated heterocycles. The standard InChI is InChI=1S/C11H9F3N2O3/c12-11(13,14)18-7-3-1-6(2-4-7)8-5-9(10(15)17)19-16-8/h1-4,9H,5H2,(H2,15,17). The smallest absolute Gasteiger partial charge is 0.406 e. The van der Waals surface area contributed by atoms with Crippen molar-refractivity contribution in [1.82, 2.24) is 0 Å². The summed E-state index contributed by atoms with van der Waals surface area (Å²) in [6.07, 6.45) is -5.37. The Morgan fingerprint density at radius 1 is 1.37 bits per heavy atom. The molecule has 102 valence electrons. The van der Waals surface area contributed by atoms with Crippen LogP contribution in [0.4, 0.5) is 13.2 Å². The zero-order chi connectivity index (χ0) is 14.0. The molecule has 1 unspecified atom stereocenters. The van der Waals surface area contributed by atoms with Crippen molar-refractivity contribution in [1.29, 1.82) is 0 Å². The van der Waals surface area contributed by atoms with Crippen LogP contribution in [0.25, 0.3) is 0 Å². The Kier molecular flexibility index (Phi) is 3.32. The normalized spacial score (nSPS) is 18.7. The second-order valence-corrected chi connectivity index (χ2v) is 3.81. The number of carbonyl (C=O) groups excluding carboxylic acids is 1. The molecule has 1 amide bonds. The van der Waals surface area contributed by atoms with Crippen molar-refractivity contribution in [2.75, 3.05) is 0 Å². The highest BCUT2D eigenvalue weighted by atomic mass is 19.4. The molecule has 0 saturated carbocycles. The van der Waals surface area contributed by atoms with E-state index in [1.165, 1.54) is 12.1 Å². The first-order chi connectivity index (χ1) is 8.85. The molecule has 0 aliphatic carbocycles. The fourth-order valence-electron chi connectivity index (χ4n) is 1.55. The highest BCUT2D eigenvalue weighted by Crippen LogP contribution is 2.24. The Balaban J connectivity index is 2.06. The van der Waals surface area contributed by atoms with E-state index in [0.29, 0.717) is 11.3 Å². The Morgan fingerprint density at radius 3 is 2.47 bits per heavy atom. The molecule has 0 radical (unpaired) electrons. The van der Waals surface area contributed by atoms with Gasteiger partial charge >= 0.3 is 6.36 Å². The van der Waals surface area contributed by atoms with E-state index in [4.69, 9.17) is 10.6 Å². The summed E-state index contributed by atoms with van der Waals surface area (Å²) in [5.74, 6) is -0.974. The predicted octanol–water partition coefficient (Wildman–Crippen LogP) is 1.56. The fraction of sp³-hybridized carbons (Fsp3) is 0.273. The molecule has 1 aliphatic rings. The van der Waals surface area contributed by atoms with Gasteiger partial charge in [0.05, 0.1) is 5.71 Å². The lowest BCUT2D eigenvalue weighted by Crippen LogP contribution is -2.28. The molecule has 8 heteroatoms. The summed E-state index contributed by atoms with van der Waals surface area (Å²) in [7, 11) is 0. The number of rotatable bonds is 3. The van der Waals surface area contributed by atoms with Gasteiger partial charge in [0.25, 0.3) is 5.91 Å². The van der Waals surface area contributed by atoms with Crippen molar-refractivity contribution in [2.45, 2.75) is 18.9 Å². The van der Waals surface area contributed by atoms with Crippen LogP contribution in [-0.2, 0) is 9.63 Å². The van der Waals surface area contributed by atoms with Gasteiger partial charge in [-0.25, -0.2) is 0 Å². The maximum Gasteiger partial charge on any atom is 0.573 e. The Bertz CT molecular complexity index is 511. The number of hydrogen-bond acceptors (Lipinski definition) is 4. The van der Waals surface area contributed by atoms with E-state index in [1.54, 1.807) is 0 Å². The highest BCUT2D eigenvalue weighted by molar-refractivity contribution is 6.03. The molecule has 0 bridgehead atoms. The first-order valence-electron chi connectivity index (χ1n) is 5.23. The number of carbonyl (C=O) groups is 1. The maximum absolute atomic E-state index is 12.0. The zero-order valence-electron chi connectivity index (χ0n) is 9.48. The van der Waals surface area contributed by atoms with Crippen molar-refractivity contribution in [2.24, 2.45) is 10.9 Å². The number of nitrogens with zero attached hydrogens (tertiary/aromatic N) is 1. The van der Waals surface area contributed by atoms with Crippen LogP contribution in [0, 0.1) is 0 Å². The third-order valence-electron chi connectivity index (χ3n) is 2.41. The molecule has 1 aliphatic heterocycles. The molecule has 0 aromatic heterocycles. The largest absolute Gasteiger partial charge is 0.573 e. The highest BCUT2D eigenvalue weighted by Gasteiger charge is 2.31. The van der Waals surface area contributed by atoms with Gasteiger partial charge in [-0.2, -0.15) is 0 Å². The van der Waals surface area contributed by atoms with Crippen LogP contribution in [0.1, 0.15) is 12.0 Å². The summed E-state index contributed by atoms with van der Waals surface area (Å²) >= 11 is 0. The first-order valence-corrected chi connectivity index (χ1v) is 5.23. The average molecular weight is 274 g/mol. The molecule has 0 fully saturated rings. The van der Waals surface area contributed by atoms with Crippen LogP contribution in [0.15, 0.2) is 29.4 Å². The molecular weight excluding hydrogens is 265 g/mol. The van der Waals surface area contributed by atoms with E-state index >= 15 is 0 Å². The van der Waals surface area contributed by atoms with Gasteiger partial charge in [-0.3, -0.25) is 4.79 Å². The van der Waals surface area contributed by atoms with Gasteiger partial charge in [-0.15, -0.1) is 13.2 Å². The molecule has 19 heavy (non-hydrogen) atoms. The molecule has 5 nitrogen and oxygen atoms in total. The van der Waals surface area contributed by atoms with Gasteiger partial charge < -0.3 is 15.3 Å². The molecule has 0 spiro atoms. The number of ether oxygens (including phenoxy) is 1. The van der Waals surface area contributed by atoms with E-state index < -0.39 is 18.4 Å². The van der Waals surface area contributed by atoms with Crippen molar-refractivity contribution in [3.05, 3.63) is 29.8 Å². The number of oxime groups is 1. The van der Waals surface area contributed by atoms with Crippen molar-refractivity contribution < 1.29 is 27.5 Å². The summed E-state index contributed by atoms with van der Waals surface area (Å²) in [6.45, 7) is 0. The second-order valence-electron chi connectivity index (χ2n) is 3.81. The maximum atomic E-state index is 12.0.